The zero-order chi connectivity index (χ0) is 13.9. The van der Waals surface area contributed by atoms with Crippen LogP contribution in [0.2, 0.25) is 0 Å². The van der Waals surface area contributed by atoms with Crippen molar-refractivity contribution in [3.8, 4) is 11.5 Å². The molecule has 0 bridgehead atoms. The molecule has 0 saturated carbocycles. The number of hydrogen-bond acceptors (Lipinski definition) is 7. The Morgan fingerprint density at radius 3 is 3.00 bits per heavy atom. The van der Waals surface area contributed by atoms with Crippen LogP contribution in [0.1, 0.15) is 5.69 Å². The van der Waals surface area contributed by atoms with Gasteiger partial charge in [-0.2, -0.15) is 0 Å². The maximum absolute atomic E-state index is 13.1. The van der Waals surface area contributed by atoms with E-state index in [4.69, 9.17) is 10.2 Å². The fourth-order valence-electron chi connectivity index (χ4n) is 1.54. The fraction of sp³-hybridized carbons (Fsp3) is 0.0833. The van der Waals surface area contributed by atoms with Crippen LogP contribution in [0.3, 0.4) is 0 Å². The Kier molecular flexibility index (Phi) is 3.66. The monoisotopic (exact) mass is 308 g/mol. The first-order chi connectivity index (χ1) is 9.70. The van der Waals surface area contributed by atoms with Crippen LogP contribution in [0.4, 0.5) is 9.52 Å². The molecule has 2 N–H and O–H groups in total. The summed E-state index contributed by atoms with van der Waals surface area (Å²) in [5.74, 6) is 0.672. The van der Waals surface area contributed by atoms with Crippen LogP contribution in [0, 0.1) is 5.82 Å². The van der Waals surface area contributed by atoms with Crippen molar-refractivity contribution in [2.24, 2.45) is 0 Å². The van der Waals surface area contributed by atoms with Crippen LogP contribution in [-0.4, -0.2) is 15.2 Å². The molecule has 0 aliphatic rings. The van der Waals surface area contributed by atoms with Crippen molar-refractivity contribution in [2.45, 2.75) is 10.1 Å². The lowest BCUT2D eigenvalue weighted by Crippen LogP contribution is -1.83. The molecule has 3 rings (SSSR count). The van der Waals surface area contributed by atoms with E-state index in [1.165, 1.54) is 35.2 Å². The molecular formula is C12H9FN4OS2. The van der Waals surface area contributed by atoms with Crippen LogP contribution in [0.15, 0.2) is 39.3 Å². The number of nitrogens with zero attached hydrogens (tertiary/aromatic N) is 3. The van der Waals surface area contributed by atoms with Crippen molar-refractivity contribution in [3.63, 3.8) is 0 Å². The average molecular weight is 308 g/mol. The number of oxazole rings is 1. The second-order valence-electron chi connectivity index (χ2n) is 3.85. The summed E-state index contributed by atoms with van der Waals surface area (Å²) in [6.45, 7) is 0. The third-order valence-electron chi connectivity index (χ3n) is 2.39. The maximum atomic E-state index is 13.1. The molecule has 0 amide bonds. The first-order valence-electron chi connectivity index (χ1n) is 5.63. The Morgan fingerprint density at radius 2 is 2.25 bits per heavy atom. The summed E-state index contributed by atoms with van der Waals surface area (Å²) in [7, 11) is 0. The third kappa shape index (κ3) is 2.97. The van der Waals surface area contributed by atoms with Gasteiger partial charge in [-0.1, -0.05) is 29.2 Å². The molecule has 0 spiro atoms. The highest BCUT2D eigenvalue weighted by molar-refractivity contribution is 8.00. The summed E-state index contributed by atoms with van der Waals surface area (Å²) in [4.78, 5) is 4.31. The van der Waals surface area contributed by atoms with Gasteiger partial charge in [0.2, 0.25) is 11.0 Å². The lowest BCUT2D eigenvalue weighted by atomic mass is 10.2. The van der Waals surface area contributed by atoms with E-state index in [2.05, 4.69) is 15.2 Å². The Morgan fingerprint density at radius 1 is 1.35 bits per heavy atom. The largest absolute Gasteiger partial charge is 0.444 e. The zero-order valence-corrected chi connectivity index (χ0v) is 11.7. The second-order valence-corrected chi connectivity index (χ2v) is 6.08. The van der Waals surface area contributed by atoms with Crippen LogP contribution >= 0.6 is 23.1 Å². The van der Waals surface area contributed by atoms with Crippen LogP contribution in [0.25, 0.3) is 11.5 Å². The molecule has 20 heavy (non-hydrogen) atoms. The smallest absolute Gasteiger partial charge is 0.226 e. The van der Waals surface area contributed by atoms with Gasteiger partial charge in [0.1, 0.15) is 12.1 Å². The van der Waals surface area contributed by atoms with Gasteiger partial charge in [0.15, 0.2) is 4.34 Å². The molecular weight excluding hydrogens is 299 g/mol. The lowest BCUT2D eigenvalue weighted by molar-refractivity contribution is 0.571. The molecule has 0 aliphatic carbocycles. The molecule has 0 saturated heterocycles. The number of rotatable bonds is 4. The van der Waals surface area contributed by atoms with Crippen LogP contribution in [-0.2, 0) is 5.75 Å². The molecule has 3 aromatic rings. The van der Waals surface area contributed by atoms with Crippen molar-refractivity contribution in [3.05, 3.63) is 42.0 Å². The fourth-order valence-corrected chi connectivity index (χ4v) is 3.06. The summed E-state index contributed by atoms with van der Waals surface area (Å²) in [6.07, 6.45) is 1.55. The van der Waals surface area contributed by atoms with Gasteiger partial charge in [0.25, 0.3) is 0 Å². The Hall–Kier alpha value is -1.93. The number of nitrogens with two attached hydrogens (primary N) is 1. The summed E-state index contributed by atoms with van der Waals surface area (Å²) in [6, 6.07) is 6.13. The molecule has 5 nitrogen and oxygen atoms in total. The average Bonchev–Trinajstić information content (AvgIpc) is 3.05. The van der Waals surface area contributed by atoms with E-state index < -0.39 is 0 Å². The highest BCUT2D eigenvalue weighted by atomic mass is 32.2. The predicted molar refractivity (Wildman–Crippen MR) is 75.8 cm³/mol. The van der Waals surface area contributed by atoms with E-state index in [9.17, 15) is 4.39 Å². The summed E-state index contributed by atoms with van der Waals surface area (Å²) < 4.78 is 19.3. The normalized spacial score (nSPS) is 10.8. The van der Waals surface area contributed by atoms with Gasteiger partial charge in [0.05, 0.1) is 5.69 Å². The first-order valence-corrected chi connectivity index (χ1v) is 7.43. The van der Waals surface area contributed by atoms with E-state index in [0.29, 0.717) is 22.3 Å². The highest BCUT2D eigenvalue weighted by Gasteiger charge is 2.09. The van der Waals surface area contributed by atoms with E-state index in [0.717, 1.165) is 10.0 Å². The molecule has 0 atom stereocenters. The second kappa shape index (κ2) is 5.59. The van der Waals surface area contributed by atoms with Crippen molar-refractivity contribution in [1.82, 2.24) is 15.2 Å². The molecule has 0 radical (unpaired) electrons. The minimum Gasteiger partial charge on any atom is -0.444 e. The minimum absolute atomic E-state index is 0.319. The van der Waals surface area contributed by atoms with E-state index in [1.54, 1.807) is 18.4 Å². The number of halogens is 1. The van der Waals surface area contributed by atoms with Gasteiger partial charge < -0.3 is 10.2 Å². The van der Waals surface area contributed by atoms with Crippen molar-refractivity contribution in [1.29, 1.82) is 0 Å². The minimum atomic E-state index is -0.319. The maximum Gasteiger partial charge on any atom is 0.226 e. The van der Waals surface area contributed by atoms with E-state index in [1.807, 2.05) is 0 Å². The van der Waals surface area contributed by atoms with Crippen molar-refractivity contribution >= 4 is 28.2 Å². The van der Waals surface area contributed by atoms with Gasteiger partial charge in [-0.05, 0) is 18.2 Å². The van der Waals surface area contributed by atoms with Crippen LogP contribution in [0.5, 0.6) is 0 Å². The SMILES string of the molecule is Nc1nnc(SCc2coc(-c3cccc(F)c3)n2)s1. The van der Waals surface area contributed by atoms with Gasteiger partial charge >= 0.3 is 0 Å². The molecule has 2 heterocycles. The zero-order valence-electron chi connectivity index (χ0n) is 10.1. The molecule has 102 valence electrons. The van der Waals surface area contributed by atoms with Gasteiger partial charge in [0, 0.05) is 11.3 Å². The predicted octanol–water partition coefficient (Wildman–Crippen LogP) is 3.21. The van der Waals surface area contributed by atoms with Crippen molar-refractivity contribution in [2.75, 3.05) is 5.73 Å². The van der Waals surface area contributed by atoms with E-state index in [-0.39, 0.29) is 5.82 Å². The Bertz CT molecular complexity index is 728. The summed E-state index contributed by atoms with van der Waals surface area (Å²) in [5.41, 5.74) is 6.87. The summed E-state index contributed by atoms with van der Waals surface area (Å²) >= 11 is 2.80. The van der Waals surface area contributed by atoms with E-state index >= 15 is 0 Å². The van der Waals surface area contributed by atoms with Gasteiger partial charge in [-0.25, -0.2) is 9.37 Å². The highest BCUT2D eigenvalue weighted by Crippen LogP contribution is 2.28. The summed E-state index contributed by atoms with van der Waals surface area (Å²) in [5, 5.41) is 8.08. The molecule has 2 aromatic heterocycles. The standard InChI is InChI=1S/C12H9FN4OS2/c13-8-3-1-2-7(4-8)10-15-9(5-18-10)6-19-12-17-16-11(14)20-12/h1-5H,6H2,(H2,14,16). The molecule has 0 fully saturated rings. The number of benzene rings is 1. The molecule has 1 aromatic carbocycles. The first kappa shape index (κ1) is 13.1. The number of thioether (sulfide) groups is 1. The molecule has 8 heteroatoms. The lowest BCUT2D eigenvalue weighted by Gasteiger charge is -1.94. The Labute approximate surface area is 122 Å². The molecule has 0 aliphatic heterocycles. The molecule has 0 unspecified atom stereocenters. The third-order valence-corrected chi connectivity index (χ3v) is 4.31. The topological polar surface area (TPSA) is 77.8 Å². The number of hydrogen-bond donors (Lipinski definition) is 1. The number of anilines is 1. The van der Waals surface area contributed by atoms with Gasteiger partial charge in [-0.3, -0.25) is 0 Å². The van der Waals surface area contributed by atoms with Crippen LogP contribution < -0.4 is 5.73 Å². The number of nitrogen functional groups attached to an aromatic ring is 1. The quantitative estimate of drug-likeness (QED) is 0.746. The van der Waals surface area contributed by atoms with Gasteiger partial charge in [-0.15, -0.1) is 10.2 Å². The Balaban J connectivity index is 1.70. The number of aromatic nitrogens is 3. The van der Waals surface area contributed by atoms with Crippen molar-refractivity contribution < 1.29 is 8.81 Å².